The molecule has 0 radical (unpaired) electrons. The summed E-state index contributed by atoms with van der Waals surface area (Å²) in [4.78, 5) is 4.07. The van der Waals surface area contributed by atoms with Gasteiger partial charge in [0.25, 0.3) is 0 Å². The summed E-state index contributed by atoms with van der Waals surface area (Å²) in [6, 6.07) is 25.8. The smallest absolute Gasteiger partial charge is 0.219 e. The first-order valence-corrected chi connectivity index (χ1v) is 11.4. The monoisotopic (exact) mass is 494 g/mol. The molecule has 3 heterocycles. The molecule has 0 aromatic heterocycles. The van der Waals surface area contributed by atoms with Crippen LogP contribution in [0.1, 0.15) is 17.5 Å². The molecular formula is C23H15Cl5N2. The van der Waals surface area contributed by atoms with Crippen LogP contribution in [0.15, 0.2) is 78.9 Å². The van der Waals surface area contributed by atoms with E-state index < -0.39 is 20.0 Å². The minimum absolute atomic E-state index is 0.514. The van der Waals surface area contributed by atoms with Crippen molar-refractivity contribution in [3.8, 4) is 0 Å². The molecule has 0 amide bonds. The predicted octanol–water partition coefficient (Wildman–Crippen LogP) is 7.44. The highest BCUT2D eigenvalue weighted by Crippen LogP contribution is 2.80. The Morgan fingerprint density at radius 2 is 1.07 bits per heavy atom. The summed E-state index contributed by atoms with van der Waals surface area (Å²) in [5.41, 5.74) is 2.29. The Balaban J connectivity index is 1.68. The summed E-state index contributed by atoms with van der Waals surface area (Å²) in [7, 11) is 0. The van der Waals surface area contributed by atoms with Gasteiger partial charge in [0.2, 0.25) is 8.91 Å². The van der Waals surface area contributed by atoms with Crippen LogP contribution in [0.3, 0.4) is 0 Å². The van der Waals surface area contributed by atoms with Crippen molar-refractivity contribution in [1.82, 2.24) is 0 Å². The lowest BCUT2D eigenvalue weighted by Gasteiger charge is -2.24. The van der Waals surface area contributed by atoms with Crippen molar-refractivity contribution in [1.29, 1.82) is 0 Å². The number of alkyl halides is 4. The second-order valence-electron chi connectivity index (χ2n) is 8.02. The van der Waals surface area contributed by atoms with Gasteiger partial charge in [0.1, 0.15) is 11.1 Å². The van der Waals surface area contributed by atoms with Gasteiger partial charge < -0.3 is 9.80 Å². The van der Waals surface area contributed by atoms with Crippen molar-refractivity contribution in [2.75, 3.05) is 9.80 Å². The minimum Gasteiger partial charge on any atom is -0.321 e. The van der Waals surface area contributed by atoms with Crippen LogP contribution in [0.2, 0.25) is 5.02 Å². The molecule has 7 heteroatoms. The first kappa shape index (κ1) is 19.4. The topological polar surface area (TPSA) is 6.02 Å². The van der Waals surface area contributed by atoms with Gasteiger partial charge in [0.15, 0.2) is 0 Å². The molecule has 0 aliphatic carbocycles. The average molecular weight is 497 g/mol. The lowest BCUT2D eigenvalue weighted by Crippen LogP contribution is -2.29. The Kier molecular flexibility index (Phi) is 3.84. The van der Waals surface area contributed by atoms with Gasteiger partial charge in [-0.1, -0.05) is 119 Å². The lowest BCUT2D eigenvalue weighted by atomic mass is 9.83. The molecule has 2 fully saturated rings. The Morgan fingerprint density at radius 1 is 0.600 bits per heavy atom. The molecule has 0 spiro atoms. The largest absolute Gasteiger partial charge is 0.321 e. The fraction of sp³-hybridized carbons (Fsp3) is 0.217. The van der Waals surface area contributed by atoms with Crippen LogP contribution in [-0.4, -0.2) is 8.91 Å². The molecule has 0 bridgehead atoms. The SMILES string of the molecule is Clc1ccc2c(c1)N1C(Cl)(Cl)[C@@]1(c1ccccc1)C[C@]1(c3ccccc3)N2C1(Cl)Cl. The zero-order valence-electron chi connectivity index (χ0n) is 15.5. The lowest BCUT2D eigenvalue weighted by molar-refractivity contribution is 0.501. The van der Waals surface area contributed by atoms with Crippen molar-refractivity contribution < 1.29 is 0 Å². The van der Waals surface area contributed by atoms with Crippen molar-refractivity contribution >= 4 is 69.4 Å². The fourth-order valence-corrected chi connectivity index (χ4v) is 7.23. The number of halogens is 5. The van der Waals surface area contributed by atoms with Crippen molar-refractivity contribution in [3.63, 3.8) is 0 Å². The molecule has 2 nitrogen and oxygen atoms in total. The number of hydrogen-bond donors (Lipinski definition) is 0. The number of fused-ring (bicyclic) bond motifs is 5. The summed E-state index contributed by atoms with van der Waals surface area (Å²) in [5.74, 6) is 0. The Labute approximate surface area is 199 Å². The normalized spacial score (nSPS) is 29.4. The van der Waals surface area contributed by atoms with Gasteiger partial charge in [-0.2, -0.15) is 0 Å². The van der Waals surface area contributed by atoms with E-state index in [0.29, 0.717) is 11.4 Å². The van der Waals surface area contributed by atoms with E-state index in [4.69, 9.17) is 58.0 Å². The van der Waals surface area contributed by atoms with Crippen LogP contribution in [-0.2, 0) is 11.1 Å². The van der Waals surface area contributed by atoms with Crippen LogP contribution in [0, 0.1) is 0 Å². The molecule has 0 saturated carbocycles. The number of hydrogen-bond acceptors (Lipinski definition) is 2. The average Bonchev–Trinajstić information content (AvgIpc) is 3.47. The van der Waals surface area contributed by atoms with Gasteiger partial charge in [0.05, 0.1) is 11.4 Å². The van der Waals surface area contributed by atoms with Gasteiger partial charge in [-0.05, 0) is 29.3 Å². The maximum atomic E-state index is 7.03. The highest BCUT2D eigenvalue weighted by atomic mass is 35.5. The summed E-state index contributed by atoms with van der Waals surface area (Å²) in [6.07, 6.45) is 0.514. The Bertz CT molecular complexity index is 1170. The maximum absolute atomic E-state index is 7.03. The first-order chi connectivity index (χ1) is 14.3. The van der Waals surface area contributed by atoms with Crippen LogP contribution in [0.4, 0.5) is 11.4 Å². The highest BCUT2D eigenvalue weighted by Gasteiger charge is 2.87. The number of benzene rings is 3. The molecule has 3 aliphatic heterocycles. The molecule has 3 aromatic carbocycles. The number of anilines is 2. The maximum Gasteiger partial charge on any atom is 0.219 e. The fourth-order valence-electron chi connectivity index (χ4n) is 5.25. The summed E-state index contributed by atoms with van der Waals surface area (Å²) >= 11 is 34.5. The van der Waals surface area contributed by atoms with E-state index >= 15 is 0 Å². The summed E-state index contributed by atoms with van der Waals surface area (Å²) in [5, 5.41) is 0.593. The van der Waals surface area contributed by atoms with Crippen molar-refractivity contribution in [3.05, 3.63) is 95.0 Å². The molecule has 152 valence electrons. The molecule has 0 unspecified atom stereocenters. The summed E-state index contributed by atoms with van der Waals surface area (Å²) < 4.78 is -2.33. The van der Waals surface area contributed by atoms with Gasteiger partial charge in [-0.25, -0.2) is 0 Å². The highest BCUT2D eigenvalue weighted by molar-refractivity contribution is 6.56. The number of nitrogens with zero attached hydrogens (tertiary/aromatic N) is 2. The molecular weight excluding hydrogens is 482 g/mol. The van der Waals surface area contributed by atoms with Crippen LogP contribution >= 0.6 is 58.0 Å². The molecule has 0 N–H and O–H groups in total. The third-order valence-corrected chi connectivity index (χ3v) is 8.82. The van der Waals surface area contributed by atoms with E-state index in [0.717, 1.165) is 22.5 Å². The van der Waals surface area contributed by atoms with Crippen LogP contribution in [0.5, 0.6) is 0 Å². The van der Waals surface area contributed by atoms with E-state index in [9.17, 15) is 0 Å². The van der Waals surface area contributed by atoms with Gasteiger partial charge >= 0.3 is 0 Å². The quantitative estimate of drug-likeness (QED) is 0.207. The van der Waals surface area contributed by atoms with E-state index in [-0.39, 0.29) is 0 Å². The van der Waals surface area contributed by atoms with Crippen LogP contribution < -0.4 is 9.80 Å². The Morgan fingerprint density at radius 3 is 1.57 bits per heavy atom. The third kappa shape index (κ3) is 2.10. The molecule has 3 aliphatic rings. The second kappa shape index (κ2) is 5.94. The van der Waals surface area contributed by atoms with Gasteiger partial charge in [0, 0.05) is 11.4 Å². The summed E-state index contributed by atoms with van der Waals surface area (Å²) in [6.45, 7) is 0. The minimum atomic E-state index is -1.17. The van der Waals surface area contributed by atoms with E-state index in [2.05, 4.69) is 12.1 Å². The molecule has 2 atom stereocenters. The van der Waals surface area contributed by atoms with Crippen molar-refractivity contribution in [2.24, 2.45) is 0 Å². The van der Waals surface area contributed by atoms with Crippen molar-refractivity contribution in [2.45, 2.75) is 26.4 Å². The first-order valence-electron chi connectivity index (χ1n) is 9.55. The standard InChI is InChI=1S/C23H15Cl5N2/c24-17-11-12-18-19(13-17)30-21(23(30,27)28,16-9-5-2-6-10-16)14-20(22(25,26)29(18)20)15-7-3-1-4-8-15/h1-13H,14H2/t20-,21+,29?,30?/m1/s1. The molecule has 30 heavy (non-hydrogen) atoms. The second-order valence-corrected chi connectivity index (χ2v) is 11.0. The number of rotatable bonds is 2. The van der Waals surface area contributed by atoms with Crippen LogP contribution in [0.25, 0.3) is 0 Å². The van der Waals surface area contributed by atoms with E-state index in [1.807, 2.05) is 76.5 Å². The predicted molar refractivity (Wildman–Crippen MR) is 126 cm³/mol. The van der Waals surface area contributed by atoms with Gasteiger partial charge in [-0.15, -0.1) is 0 Å². The third-order valence-electron chi connectivity index (χ3n) is 6.65. The van der Waals surface area contributed by atoms with E-state index in [1.165, 1.54) is 0 Å². The molecule has 6 rings (SSSR count). The van der Waals surface area contributed by atoms with E-state index in [1.54, 1.807) is 0 Å². The molecule has 3 aromatic rings. The molecule has 2 saturated heterocycles. The zero-order valence-corrected chi connectivity index (χ0v) is 19.3. The zero-order chi connectivity index (χ0) is 20.9. The van der Waals surface area contributed by atoms with Gasteiger partial charge in [-0.3, -0.25) is 0 Å². The Hall–Kier alpha value is -1.29.